The summed E-state index contributed by atoms with van der Waals surface area (Å²) in [5, 5.41) is 7.33. The summed E-state index contributed by atoms with van der Waals surface area (Å²) in [6.45, 7) is 0.175. The number of rotatable bonds is 8. The average molecular weight is 380 g/mol. The molecule has 0 aliphatic carbocycles. The quantitative estimate of drug-likeness (QED) is 0.547. The van der Waals surface area contributed by atoms with Gasteiger partial charge in [-0.1, -0.05) is 39.2 Å². The Hall–Kier alpha value is -1.61. The van der Waals surface area contributed by atoms with Crippen molar-refractivity contribution in [1.29, 1.82) is 0 Å². The van der Waals surface area contributed by atoms with Crippen LogP contribution in [-0.2, 0) is 16.1 Å². The molecule has 0 saturated carbocycles. The fourth-order valence-corrected chi connectivity index (χ4v) is 5.61. The lowest BCUT2D eigenvalue weighted by atomic mass is 10.1. The van der Waals surface area contributed by atoms with E-state index in [1.54, 1.807) is 12.2 Å². The number of hydrogen-bond acceptors (Lipinski definition) is 7. The molecule has 0 bridgehead atoms. The van der Waals surface area contributed by atoms with Gasteiger partial charge in [0.25, 0.3) is 5.91 Å². The van der Waals surface area contributed by atoms with Crippen LogP contribution in [0.15, 0.2) is 21.7 Å². The normalized spacial score (nSPS) is 22.5. The predicted octanol–water partition coefficient (Wildman–Crippen LogP) is 2.65. The van der Waals surface area contributed by atoms with Crippen molar-refractivity contribution >= 4 is 39.6 Å². The van der Waals surface area contributed by atoms with E-state index >= 15 is 0 Å². The van der Waals surface area contributed by atoms with Gasteiger partial charge in [-0.25, -0.2) is 4.99 Å². The van der Waals surface area contributed by atoms with Crippen LogP contribution in [0.5, 0.6) is 0 Å². The Bertz CT molecular complexity index is 668. The number of aromatic nitrogens is 2. The molecule has 2 atom stereocenters. The molecule has 0 aromatic carbocycles. The van der Waals surface area contributed by atoms with Gasteiger partial charge in [0, 0.05) is 23.6 Å². The van der Waals surface area contributed by atoms with Gasteiger partial charge in [0.15, 0.2) is 5.82 Å². The number of carbonyl (C=O) groups excluding carboxylic acids is 2. The zero-order chi connectivity index (χ0) is 17.5. The summed E-state index contributed by atoms with van der Waals surface area (Å²) in [5.74, 6) is 0.859. The minimum Gasteiger partial charge on any atom is -0.347 e. The molecule has 0 radical (unpaired) electrons. The Morgan fingerprint density at radius 2 is 2.32 bits per heavy atom. The van der Waals surface area contributed by atoms with Crippen molar-refractivity contribution in [3.8, 4) is 0 Å². The van der Waals surface area contributed by atoms with E-state index in [-0.39, 0.29) is 24.2 Å². The highest BCUT2D eigenvalue weighted by molar-refractivity contribution is 8.77. The van der Waals surface area contributed by atoms with E-state index in [9.17, 15) is 9.59 Å². The van der Waals surface area contributed by atoms with Crippen LogP contribution in [-0.4, -0.2) is 39.2 Å². The number of carbonyl (C=O) groups is 2. The van der Waals surface area contributed by atoms with Gasteiger partial charge in [-0.05, 0) is 25.3 Å². The monoisotopic (exact) mass is 380 g/mol. The number of unbranched alkanes of at least 4 members (excludes halogenated alkanes) is 1. The lowest BCUT2D eigenvalue weighted by Gasteiger charge is -2.06. The molecule has 2 unspecified atom stereocenters. The molecule has 9 heteroatoms. The molecule has 1 fully saturated rings. The van der Waals surface area contributed by atoms with Crippen LogP contribution < -0.4 is 5.32 Å². The first-order valence-electron chi connectivity index (χ1n) is 8.34. The van der Waals surface area contributed by atoms with Crippen LogP contribution in [0.1, 0.15) is 49.7 Å². The zero-order valence-corrected chi connectivity index (χ0v) is 15.4. The van der Waals surface area contributed by atoms with Crippen LogP contribution in [0.25, 0.3) is 0 Å². The van der Waals surface area contributed by atoms with Gasteiger partial charge in [0.1, 0.15) is 5.92 Å². The topological polar surface area (TPSA) is 97.5 Å². The highest BCUT2D eigenvalue weighted by Gasteiger charge is 2.24. The van der Waals surface area contributed by atoms with Crippen molar-refractivity contribution in [2.75, 3.05) is 5.75 Å². The molecule has 3 rings (SSSR count). The molecular weight excluding hydrogens is 360 g/mol. The molecule has 1 saturated heterocycles. The minimum absolute atomic E-state index is 0.0218. The van der Waals surface area contributed by atoms with Crippen molar-refractivity contribution in [2.24, 2.45) is 4.99 Å². The fraction of sp³-hybridized carbons (Fsp3) is 0.562. The molecule has 2 aliphatic heterocycles. The van der Waals surface area contributed by atoms with E-state index in [1.165, 1.54) is 24.8 Å². The Kier molecular flexibility index (Phi) is 6.69. The Morgan fingerprint density at radius 1 is 1.40 bits per heavy atom. The number of nitrogens with one attached hydrogen (secondary N) is 1. The van der Waals surface area contributed by atoms with E-state index in [4.69, 9.17) is 4.52 Å². The van der Waals surface area contributed by atoms with Gasteiger partial charge < -0.3 is 9.84 Å². The lowest BCUT2D eigenvalue weighted by Crippen LogP contribution is -2.22. The van der Waals surface area contributed by atoms with E-state index in [0.717, 1.165) is 18.1 Å². The molecular formula is C16H20N4O3S2. The van der Waals surface area contributed by atoms with E-state index in [0.29, 0.717) is 12.3 Å². The number of aliphatic imine (C=N–C) groups is 1. The van der Waals surface area contributed by atoms with Gasteiger partial charge in [0.05, 0.1) is 6.54 Å². The van der Waals surface area contributed by atoms with Crippen LogP contribution in [0.3, 0.4) is 0 Å². The molecule has 0 spiro atoms. The van der Waals surface area contributed by atoms with Gasteiger partial charge in [-0.2, -0.15) is 4.98 Å². The number of nitrogens with zero attached hydrogens (tertiary/aromatic N) is 3. The predicted molar refractivity (Wildman–Crippen MR) is 98.4 cm³/mol. The van der Waals surface area contributed by atoms with Crippen molar-refractivity contribution in [3.63, 3.8) is 0 Å². The second-order valence-corrected chi connectivity index (χ2v) is 8.66. The number of amides is 2. The molecule has 1 N–H and O–H groups in total. The summed E-state index contributed by atoms with van der Waals surface area (Å²) in [6, 6.07) is 0. The number of allylic oxidation sites excluding steroid dienone is 1. The molecule has 1 aromatic rings. The third-order valence-corrected chi connectivity index (χ3v) is 6.97. The maximum absolute atomic E-state index is 11.9. The number of dihydropyridines is 1. The summed E-state index contributed by atoms with van der Waals surface area (Å²) < 4.78 is 5.09. The SMILES string of the molecule is O=C(CCCCC1CCSS1)NCc1nc(C2C=CC=NC2=O)no1. The smallest absolute Gasteiger partial charge is 0.260 e. The van der Waals surface area contributed by atoms with Crippen molar-refractivity contribution in [3.05, 3.63) is 23.9 Å². The van der Waals surface area contributed by atoms with E-state index in [2.05, 4.69) is 20.4 Å². The first-order valence-corrected chi connectivity index (χ1v) is 10.7. The summed E-state index contributed by atoms with van der Waals surface area (Å²) in [6.07, 6.45) is 9.72. The van der Waals surface area contributed by atoms with Crippen LogP contribution in [0.2, 0.25) is 0 Å². The highest BCUT2D eigenvalue weighted by Crippen LogP contribution is 2.39. The summed E-state index contributed by atoms with van der Waals surface area (Å²) in [7, 11) is 3.92. The third-order valence-electron chi connectivity index (χ3n) is 3.96. The highest BCUT2D eigenvalue weighted by atomic mass is 33.1. The van der Waals surface area contributed by atoms with Gasteiger partial charge >= 0.3 is 0 Å². The van der Waals surface area contributed by atoms with Crippen LogP contribution in [0, 0.1) is 0 Å². The van der Waals surface area contributed by atoms with E-state index in [1.807, 2.05) is 21.6 Å². The van der Waals surface area contributed by atoms with Gasteiger partial charge in [0.2, 0.25) is 11.8 Å². The summed E-state index contributed by atoms with van der Waals surface area (Å²) in [4.78, 5) is 31.4. The minimum atomic E-state index is -0.607. The average Bonchev–Trinajstić information content (AvgIpc) is 3.29. The Balaban J connectivity index is 1.35. The van der Waals surface area contributed by atoms with Crippen molar-refractivity contribution in [1.82, 2.24) is 15.5 Å². The molecule has 3 heterocycles. The van der Waals surface area contributed by atoms with Crippen molar-refractivity contribution in [2.45, 2.75) is 49.8 Å². The Labute approximate surface area is 153 Å². The van der Waals surface area contributed by atoms with Gasteiger partial charge in [-0.15, -0.1) is 0 Å². The number of hydrogen-bond donors (Lipinski definition) is 1. The standard InChI is InChI=1S/C16H20N4O3S2/c21-13(6-2-1-4-11-7-9-24-25-11)18-10-14-19-15(20-23-14)12-5-3-8-17-16(12)22/h3,5,8,11-12H,1-2,4,6-7,9-10H2,(H,18,21). The molecule has 1 aromatic heterocycles. The maximum atomic E-state index is 11.9. The molecule has 7 nitrogen and oxygen atoms in total. The molecule has 2 amide bonds. The summed E-state index contributed by atoms with van der Waals surface area (Å²) >= 11 is 0. The summed E-state index contributed by atoms with van der Waals surface area (Å²) in [5.41, 5.74) is 0. The fourth-order valence-electron chi connectivity index (χ4n) is 2.59. The second-order valence-electron chi connectivity index (χ2n) is 5.88. The largest absolute Gasteiger partial charge is 0.347 e. The molecule has 134 valence electrons. The first kappa shape index (κ1) is 18.2. The van der Waals surface area contributed by atoms with Gasteiger partial charge in [-0.3, -0.25) is 9.59 Å². The first-order chi connectivity index (χ1) is 12.2. The zero-order valence-electron chi connectivity index (χ0n) is 13.7. The lowest BCUT2D eigenvalue weighted by molar-refractivity contribution is -0.121. The second kappa shape index (κ2) is 9.19. The Morgan fingerprint density at radius 3 is 3.12 bits per heavy atom. The van der Waals surface area contributed by atoms with E-state index < -0.39 is 5.92 Å². The molecule has 2 aliphatic rings. The third kappa shape index (κ3) is 5.43. The van der Waals surface area contributed by atoms with Crippen LogP contribution in [0.4, 0.5) is 0 Å². The van der Waals surface area contributed by atoms with Crippen molar-refractivity contribution < 1.29 is 14.1 Å². The van der Waals surface area contributed by atoms with Crippen LogP contribution >= 0.6 is 21.6 Å². The molecule has 25 heavy (non-hydrogen) atoms. The maximum Gasteiger partial charge on any atom is 0.260 e.